The lowest BCUT2D eigenvalue weighted by Crippen LogP contribution is -2.51. The summed E-state index contributed by atoms with van der Waals surface area (Å²) in [5, 5.41) is 0.503. The van der Waals surface area contributed by atoms with Crippen LogP contribution in [0.2, 0.25) is 0 Å². The van der Waals surface area contributed by atoms with Gasteiger partial charge >= 0.3 is 11.7 Å². The van der Waals surface area contributed by atoms with E-state index in [9.17, 15) is 14.4 Å². The first-order chi connectivity index (χ1) is 18.7. The minimum Gasteiger partial charge on any atom is -0.496 e. The number of ether oxygens (including phenoxy) is 4. The number of rotatable bonds is 8. The number of hydrogen-bond donors (Lipinski definition) is 0. The Balaban J connectivity index is 1.62. The van der Waals surface area contributed by atoms with Crippen molar-refractivity contribution in [2.24, 2.45) is 5.41 Å². The van der Waals surface area contributed by atoms with Crippen molar-refractivity contribution >= 4 is 43.5 Å². The van der Waals surface area contributed by atoms with Crippen molar-refractivity contribution in [2.45, 2.75) is 64.3 Å². The fraction of sp³-hybridized carbons (Fsp3) is 0.536. The van der Waals surface area contributed by atoms with Gasteiger partial charge in [0.05, 0.1) is 41.5 Å². The van der Waals surface area contributed by atoms with Crippen molar-refractivity contribution in [2.75, 3.05) is 27.4 Å². The Bertz CT molecular complexity index is 1500. The average molecular weight is 622 g/mol. The van der Waals surface area contributed by atoms with Crippen LogP contribution >= 0.6 is 27.3 Å². The van der Waals surface area contributed by atoms with Crippen LogP contribution in [0.3, 0.4) is 0 Å². The van der Waals surface area contributed by atoms with Gasteiger partial charge in [0.25, 0.3) is 5.56 Å². The van der Waals surface area contributed by atoms with Crippen molar-refractivity contribution in [1.82, 2.24) is 9.13 Å². The van der Waals surface area contributed by atoms with E-state index in [1.807, 2.05) is 38.1 Å². The number of halogens is 1. The Morgan fingerprint density at radius 2 is 1.90 bits per heavy atom. The minimum absolute atomic E-state index is 0.0324. The number of benzene rings is 1. The molecule has 0 bridgehead atoms. The van der Waals surface area contributed by atoms with E-state index in [-0.39, 0.29) is 24.2 Å². The molecule has 2 aromatic heterocycles. The molecule has 0 N–H and O–H groups in total. The maximum absolute atomic E-state index is 14.1. The van der Waals surface area contributed by atoms with Crippen LogP contribution in [-0.2, 0) is 25.5 Å². The molecule has 3 heterocycles. The lowest BCUT2D eigenvalue weighted by atomic mass is 9.66. The first-order valence-electron chi connectivity index (χ1n) is 13.1. The van der Waals surface area contributed by atoms with Crippen LogP contribution in [0.1, 0.15) is 55.9 Å². The summed E-state index contributed by atoms with van der Waals surface area (Å²) in [7, 11) is 2.97. The number of esters is 1. The fourth-order valence-electron chi connectivity index (χ4n) is 5.75. The number of carbonyl (C=O) groups excluding carboxylic acids is 1. The second-order valence-corrected chi connectivity index (χ2v) is 12.9. The topological polar surface area (TPSA) is 98.0 Å². The predicted molar refractivity (Wildman–Crippen MR) is 152 cm³/mol. The van der Waals surface area contributed by atoms with E-state index in [1.54, 1.807) is 11.7 Å². The summed E-state index contributed by atoms with van der Waals surface area (Å²) in [5.41, 5.74) is 0.160. The maximum atomic E-state index is 14.1. The van der Waals surface area contributed by atoms with Crippen molar-refractivity contribution in [1.29, 1.82) is 0 Å². The van der Waals surface area contributed by atoms with Gasteiger partial charge in [-0.3, -0.25) is 18.7 Å². The van der Waals surface area contributed by atoms with E-state index < -0.39 is 23.3 Å². The summed E-state index contributed by atoms with van der Waals surface area (Å²) >= 11 is 4.95. The van der Waals surface area contributed by atoms with E-state index >= 15 is 0 Å². The van der Waals surface area contributed by atoms with Gasteiger partial charge in [-0.15, -0.1) is 11.3 Å². The third kappa shape index (κ3) is 5.10. The van der Waals surface area contributed by atoms with Crippen molar-refractivity contribution in [3.05, 3.63) is 60.0 Å². The highest BCUT2D eigenvalue weighted by Gasteiger charge is 2.49. The third-order valence-corrected chi connectivity index (χ3v) is 10.1. The van der Waals surface area contributed by atoms with Gasteiger partial charge in [0, 0.05) is 24.8 Å². The van der Waals surface area contributed by atoms with E-state index in [0.717, 1.165) is 27.8 Å². The average Bonchev–Trinajstić information content (AvgIpc) is 3.23. The molecule has 1 saturated heterocycles. The fourth-order valence-corrected chi connectivity index (χ4v) is 7.44. The second-order valence-electron chi connectivity index (χ2n) is 10.5. The quantitative estimate of drug-likeness (QED) is 0.335. The molecule has 1 saturated carbocycles. The first-order valence-corrected chi connectivity index (χ1v) is 14.7. The summed E-state index contributed by atoms with van der Waals surface area (Å²) in [6.07, 6.45) is 1.70. The normalized spacial score (nSPS) is 22.4. The Hall–Kier alpha value is -2.47. The molecule has 39 heavy (non-hydrogen) atoms. The number of aryl methyl sites for hydroxylation is 1. The molecule has 1 atom stereocenters. The van der Waals surface area contributed by atoms with Crippen molar-refractivity contribution < 1.29 is 23.7 Å². The molecule has 9 nitrogen and oxygen atoms in total. The zero-order valence-electron chi connectivity index (χ0n) is 22.5. The molecule has 2 aliphatic rings. The van der Waals surface area contributed by atoms with Crippen molar-refractivity contribution in [3.63, 3.8) is 0 Å². The first kappa shape index (κ1) is 28.1. The molecule has 1 aromatic carbocycles. The maximum Gasteiger partial charge on any atom is 0.332 e. The molecule has 1 aliphatic carbocycles. The Morgan fingerprint density at radius 3 is 2.56 bits per heavy atom. The molecule has 11 heteroatoms. The van der Waals surface area contributed by atoms with Gasteiger partial charge in [0.2, 0.25) is 0 Å². The van der Waals surface area contributed by atoms with E-state index in [1.165, 1.54) is 23.0 Å². The van der Waals surface area contributed by atoms with E-state index in [2.05, 4.69) is 15.9 Å². The van der Waals surface area contributed by atoms with Gasteiger partial charge in [-0.2, -0.15) is 0 Å². The van der Waals surface area contributed by atoms with Gasteiger partial charge in [0.15, 0.2) is 0 Å². The molecular formula is C28H33BrN2O7S. The number of carbonyl (C=O) groups is 1. The van der Waals surface area contributed by atoms with E-state index in [4.69, 9.17) is 18.9 Å². The summed E-state index contributed by atoms with van der Waals surface area (Å²) in [6.45, 7) is 5.12. The van der Waals surface area contributed by atoms with Gasteiger partial charge in [-0.1, -0.05) is 18.2 Å². The zero-order chi connectivity index (χ0) is 27.9. The Labute approximate surface area is 238 Å². The molecule has 0 amide bonds. The molecule has 5 rings (SSSR count). The molecule has 0 unspecified atom stereocenters. The molecule has 210 valence electrons. The van der Waals surface area contributed by atoms with Crippen LogP contribution in [0.4, 0.5) is 0 Å². The van der Waals surface area contributed by atoms with Gasteiger partial charge in [-0.25, -0.2) is 4.79 Å². The number of fused-ring (bicyclic) bond motifs is 1. The number of aromatic nitrogens is 2. The number of nitrogens with zero attached hydrogens (tertiary/aromatic N) is 2. The second kappa shape index (κ2) is 11.2. The number of para-hydroxylation sites is 1. The highest BCUT2D eigenvalue weighted by molar-refractivity contribution is 9.11. The third-order valence-electron chi connectivity index (χ3n) is 7.96. The molecule has 0 radical (unpaired) electrons. The number of hydrogen-bond acceptors (Lipinski definition) is 8. The highest BCUT2D eigenvalue weighted by Crippen LogP contribution is 2.48. The highest BCUT2D eigenvalue weighted by atomic mass is 79.9. The summed E-state index contributed by atoms with van der Waals surface area (Å²) < 4.78 is 26.6. The number of methoxy groups -OCH3 is 2. The number of thiophene rings is 1. The zero-order valence-corrected chi connectivity index (χ0v) is 24.9. The van der Waals surface area contributed by atoms with Crippen LogP contribution < -0.4 is 16.0 Å². The van der Waals surface area contributed by atoms with Gasteiger partial charge < -0.3 is 18.9 Å². The van der Waals surface area contributed by atoms with Crippen LogP contribution in [-0.4, -0.2) is 48.6 Å². The largest absolute Gasteiger partial charge is 0.496 e. The van der Waals surface area contributed by atoms with Gasteiger partial charge in [0.1, 0.15) is 16.7 Å². The smallest absolute Gasteiger partial charge is 0.332 e. The van der Waals surface area contributed by atoms with Crippen LogP contribution in [0.15, 0.2) is 37.6 Å². The predicted octanol–water partition coefficient (Wildman–Crippen LogP) is 4.76. The monoisotopic (exact) mass is 620 g/mol. The summed E-state index contributed by atoms with van der Waals surface area (Å²) in [5.74, 6) is 0.340. The SMILES string of the molecule is COc1ccccc1[C@H](Cn1c(=O)n([C@H]2C[C@](C)(C(=O)OC)C2)c(=O)c2c(C)c(Br)sc21)OC1CCOCC1. The lowest BCUT2D eigenvalue weighted by molar-refractivity contribution is -0.159. The summed E-state index contributed by atoms with van der Waals surface area (Å²) in [4.78, 5) is 40.8. The van der Waals surface area contributed by atoms with E-state index in [0.29, 0.717) is 42.0 Å². The van der Waals surface area contributed by atoms with Crippen molar-refractivity contribution in [3.8, 4) is 5.75 Å². The van der Waals surface area contributed by atoms with Crippen LogP contribution in [0.5, 0.6) is 5.75 Å². The van der Waals surface area contributed by atoms with Crippen LogP contribution in [0.25, 0.3) is 10.2 Å². The van der Waals surface area contributed by atoms with Gasteiger partial charge in [-0.05, 0) is 67.1 Å². The summed E-state index contributed by atoms with van der Waals surface area (Å²) in [6, 6.07) is 7.25. The molecular weight excluding hydrogens is 588 g/mol. The minimum atomic E-state index is -0.721. The van der Waals surface area contributed by atoms with Crippen LogP contribution in [0, 0.1) is 12.3 Å². The Kier molecular flexibility index (Phi) is 8.05. The molecule has 1 aliphatic heterocycles. The lowest BCUT2D eigenvalue weighted by Gasteiger charge is -2.43. The standard InChI is InChI=1S/C28H33BrN2O7S/c1-16-22-24(32)31(17-13-28(2,14-17)26(33)36-4)27(34)30(25(22)39-23(16)29)15-21(38-18-9-11-37-12-10-18)19-7-5-6-8-20(19)35-3/h5-8,17-18,21H,9-15H2,1-4H3/t17-,21-,28-/m0/s1. The molecule has 3 aromatic rings. The molecule has 0 spiro atoms. The Morgan fingerprint density at radius 1 is 1.21 bits per heavy atom. The molecule has 2 fully saturated rings.